The minimum absolute atomic E-state index is 0. The highest BCUT2D eigenvalue weighted by molar-refractivity contribution is 14.1. The number of nitrogens with one attached hydrogen (secondary N) is 1. The monoisotopic (exact) mass is 368 g/mol. The second-order valence-electron chi connectivity index (χ2n) is 4.84. The van der Waals surface area contributed by atoms with Crippen LogP contribution in [0.2, 0.25) is 0 Å². The van der Waals surface area contributed by atoms with Crippen LogP contribution in [0.25, 0.3) is 0 Å². The molecule has 0 aliphatic carbocycles. The SMILES string of the molecule is CC(C)(C)[C@H](N)C(=O)Nc1cccc(I)c1.Cl. The largest absolute Gasteiger partial charge is 0.325 e. The van der Waals surface area contributed by atoms with Gasteiger partial charge < -0.3 is 11.1 Å². The molecule has 0 aromatic heterocycles. The molecule has 96 valence electrons. The summed E-state index contributed by atoms with van der Waals surface area (Å²) >= 11 is 2.20. The number of hydrogen-bond acceptors (Lipinski definition) is 2. The summed E-state index contributed by atoms with van der Waals surface area (Å²) in [5, 5.41) is 2.82. The highest BCUT2D eigenvalue weighted by atomic mass is 127. The van der Waals surface area contributed by atoms with E-state index in [1.807, 2.05) is 45.0 Å². The summed E-state index contributed by atoms with van der Waals surface area (Å²) in [4.78, 5) is 11.8. The fourth-order valence-electron chi connectivity index (χ4n) is 1.18. The molecular formula is C12H18ClIN2O. The molecule has 0 spiro atoms. The molecule has 0 unspecified atom stereocenters. The van der Waals surface area contributed by atoms with Gasteiger partial charge in [0.1, 0.15) is 0 Å². The van der Waals surface area contributed by atoms with Gasteiger partial charge in [0.15, 0.2) is 0 Å². The van der Waals surface area contributed by atoms with E-state index in [0.717, 1.165) is 9.26 Å². The molecule has 5 heteroatoms. The van der Waals surface area contributed by atoms with E-state index in [2.05, 4.69) is 27.9 Å². The van der Waals surface area contributed by atoms with Gasteiger partial charge in [0, 0.05) is 9.26 Å². The third-order valence-corrected chi connectivity index (χ3v) is 2.98. The minimum atomic E-state index is -0.509. The smallest absolute Gasteiger partial charge is 0.241 e. The lowest BCUT2D eigenvalue weighted by molar-refractivity contribution is -0.119. The van der Waals surface area contributed by atoms with Crippen LogP contribution in [0.1, 0.15) is 20.8 Å². The second kappa shape index (κ2) is 6.56. The van der Waals surface area contributed by atoms with E-state index in [9.17, 15) is 4.79 Å². The van der Waals surface area contributed by atoms with Gasteiger partial charge in [0.2, 0.25) is 5.91 Å². The van der Waals surface area contributed by atoms with Gasteiger partial charge in [0.25, 0.3) is 0 Å². The molecule has 3 N–H and O–H groups in total. The number of anilines is 1. The van der Waals surface area contributed by atoms with Gasteiger partial charge in [-0.25, -0.2) is 0 Å². The molecule has 1 amide bonds. The number of carbonyl (C=O) groups is 1. The molecule has 0 bridgehead atoms. The molecule has 0 saturated carbocycles. The maximum absolute atomic E-state index is 11.8. The quantitative estimate of drug-likeness (QED) is 0.789. The molecule has 1 atom stereocenters. The molecule has 1 aromatic rings. The number of rotatable bonds is 2. The summed E-state index contributed by atoms with van der Waals surface area (Å²) < 4.78 is 1.08. The Morgan fingerprint density at radius 3 is 2.47 bits per heavy atom. The Hall–Kier alpha value is -0.330. The normalized spacial score (nSPS) is 12.5. The first-order valence-corrected chi connectivity index (χ1v) is 6.20. The summed E-state index contributed by atoms with van der Waals surface area (Å²) in [7, 11) is 0. The van der Waals surface area contributed by atoms with Crippen molar-refractivity contribution in [3.63, 3.8) is 0 Å². The predicted octanol–water partition coefficient (Wildman–Crippen LogP) is 3.02. The first-order valence-electron chi connectivity index (χ1n) is 5.13. The Morgan fingerprint density at radius 2 is 2.00 bits per heavy atom. The van der Waals surface area contributed by atoms with E-state index in [1.54, 1.807) is 0 Å². The summed E-state index contributed by atoms with van der Waals surface area (Å²) in [6.07, 6.45) is 0. The van der Waals surface area contributed by atoms with E-state index in [-0.39, 0.29) is 23.7 Å². The Balaban J connectivity index is 0.00000256. The molecule has 0 radical (unpaired) electrons. The Labute approximate surface area is 122 Å². The molecule has 0 heterocycles. The lowest BCUT2D eigenvalue weighted by atomic mass is 9.87. The van der Waals surface area contributed by atoms with Gasteiger partial charge in [-0.2, -0.15) is 0 Å². The van der Waals surface area contributed by atoms with Crippen LogP contribution in [0.3, 0.4) is 0 Å². The molecule has 17 heavy (non-hydrogen) atoms. The molecule has 1 rings (SSSR count). The fraction of sp³-hybridized carbons (Fsp3) is 0.417. The number of amides is 1. The van der Waals surface area contributed by atoms with Crippen LogP contribution in [0.15, 0.2) is 24.3 Å². The van der Waals surface area contributed by atoms with Gasteiger partial charge in [0.05, 0.1) is 6.04 Å². The van der Waals surface area contributed by atoms with Crippen LogP contribution in [0, 0.1) is 8.99 Å². The summed E-state index contributed by atoms with van der Waals surface area (Å²) in [5.41, 5.74) is 6.42. The van der Waals surface area contributed by atoms with Crippen molar-refractivity contribution < 1.29 is 4.79 Å². The molecule has 3 nitrogen and oxygen atoms in total. The minimum Gasteiger partial charge on any atom is -0.325 e. The third-order valence-electron chi connectivity index (χ3n) is 2.31. The summed E-state index contributed by atoms with van der Waals surface area (Å²) in [6.45, 7) is 5.85. The van der Waals surface area contributed by atoms with E-state index >= 15 is 0 Å². The van der Waals surface area contributed by atoms with E-state index in [0.29, 0.717) is 0 Å². The van der Waals surface area contributed by atoms with Gasteiger partial charge >= 0.3 is 0 Å². The van der Waals surface area contributed by atoms with E-state index in [4.69, 9.17) is 5.73 Å². The van der Waals surface area contributed by atoms with Crippen molar-refractivity contribution >= 4 is 46.6 Å². The Kier molecular flexibility index (Phi) is 6.43. The average Bonchev–Trinajstić information content (AvgIpc) is 2.15. The van der Waals surface area contributed by atoms with Crippen molar-refractivity contribution in [3.8, 4) is 0 Å². The third kappa shape index (κ3) is 5.23. The number of benzene rings is 1. The van der Waals surface area contributed by atoms with Crippen molar-refractivity contribution in [2.75, 3.05) is 5.32 Å². The van der Waals surface area contributed by atoms with Crippen molar-refractivity contribution in [3.05, 3.63) is 27.8 Å². The van der Waals surface area contributed by atoms with Crippen molar-refractivity contribution in [1.29, 1.82) is 0 Å². The predicted molar refractivity (Wildman–Crippen MR) is 82.5 cm³/mol. The number of carbonyl (C=O) groups excluding carboxylic acids is 1. The lowest BCUT2D eigenvalue weighted by Crippen LogP contribution is -2.45. The van der Waals surface area contributed by atoms with Gasteiger partial charge in [-0.1, -0.05) is 26.8 Å². The van der Waals surface area contributed by atoms with Crippen LogP contribution < -0.4 is 11.1 Å². The molecular weight excluding hydrogens is 351 g/mol. The van der Waals surface area contributed by atoms with Crippen molar-refractivity contribution in [1.82, 2.24) is 0 Å². The van der Waals surface area contributed by atoms with Crippen LogP contribution >= 0.6 is 35.0 Å². The maximum Gasteiger partial charge on any atom is 0.241 e. The van der Waals surface area contributed by atoms with Gasteiger partial charge in [-0.3, -0.25) is 4.79 Å². The van der Waals surface area contributed by atoms with Crippen LogP contribution in [0.4, 0.5) is 5.69 Å². The lowest BCUT2D eigenvalue weighted by Gasteiger charge is -2.25. The fourth-order valence-corrected chi connectivity index (χ4v) is 1.72. The van der Waals surface area contributed by atoms with Crippen LogP contribution in [-0.2, 0) is 4.79 Å². The summed E-state index contributed by atoms with van der Waals surface area (Å²) in [6, 6.07) is 7.13. The molecule has 1 aromatic carbocycles. The topological polar surface area (TPSA) is 55.1 Å². The Bertz CT molecular complexity index is 390. The van der Waals surface area contributed by atoms with Crippen LogP contribution in [0.5, 0.6) is 0 Å². The summed E-state index contributed by atoms with van der Waals surface area (Å²) in [5.74, 6) is -0.144. The zero-order valence-corrected chi connectivity index (χ0v) is 13.1. The maximum atomic E-state index is 11.8. The highest BCUT2D eigenvalue weighted by Gasteiger charge is 2.27. The van der Waals surface area contributed by atoms with Crippen LogP contribution in [-0.4, -0.2) is 11.9 Å². The van der Waals surface area contributed by atoms with Crippen molar-refractivity contribution in [2.45, 2.75) is 26.8 Å². The standard InChI is InChI=1S/C12H17IN2O.ClH/c1-12(2,3)10(14)11(16)15-9-6-4-5-8(13)7-9;/h4-7,10H,14H2,1-3H3,(H,15,16);1H/t10-;/m1./s1. The molecule has 0 aliphatic rings. The van der Waals surface area contributed by atoms with Gasteiger partial charge in [-0.15, -0.1) is 12.4 Å². The first kappa shape index (κ1) is 16.7. The number of hydrogen-bond donors (Lipinski definition) is 2. The molecule has 0 aliphatic heterocycles. The second-order valence-corrected chi connectivity index (χ2v) is 6.09. The Morgan fingerprint density at radius 1 is 1.41 bits per heavy atom. The van der Waals surface area contributed by atoms with E-state index < -0.39 is 6.04 Å². The highest BCUT2D eigenvalue weighted by Crippen LogP contribution is 2.19. The zero-order valence-electron chi connectivity index (χ0n) is 10.2. The number of halogens is 2. The molecule has 0 saturated heterocycles. The first-order chi connectivity index (χ1) is 7.30. The average molecular weight is 369 g/mol. The van der Waals surface area contributed by atoms with Crippen molar-refractivity contribution in [2.24, 2.45) is 11.1 Å². The zero-order chi connectivity index (χ0) is 12.3. The van der Waals surface area contributed by atoms with Gasteiger partial charge in [-0.05, 0) is 46.2 Å². The van der Waals surface area contributed by atoms with E-state index in [1.165, 1.54) is 0 Å². The molecule has 0 fully saturated rings. The number of nitrogens with two attached hydrogens (primary N) is 1.